The summed E-state index contributed by atoms with van der Waals surface area (Å²) in [6.07, 6.45) is 0. The van der Waals surface area contributed by atoms with Crippen molar-refractivity contribution in [2.75, 3.05) is 6.61 Å². The first-order valence-corrected chi connectivity index (χ1v) is 8.18. The molecule has 4 amide bonds. The van der Waals surface area contributed by atoms with Crippen molar-refractivity contribution in [2.24, 2.45) is 0 Å². The minimum absolute atomic E-state index is 0.329. The lowest BCUT2D eigenvalue weighted by atomic mass is 9.92. The van der Waals surface area contributed by atoms with Crippen LogP contribution in [0.2, 0.25) is 5.02 Å². The van der Waals surface area contributed by atoms with E-state index in [9.17, 15) is 14.4 Å². The molecule has 2 aromatic rings. The molecule has 1 aliphatic heterocycles. The molecule has 26 heavy (non-hydrogen) atoms. The van der Waals surface area contributed by atoms with E-state index < -0.39 is 30.0 Å². The van der Waals surface area contributed by atoms with Crippen LogP contribution in [0.4, 0.5) is 4.79 Å². The van der Waals surface area contributed by atoms with Crippen LogP contribution in [-0.2, 0) is 15.1 Å². The molecule has 0 spiro atoms. The molecular formula is C18H16ClN3O4. The van der Waals surface area contributed by atoms with E-state index in [0.29, 0.717) is 21.3 Å². The summed E-state index contributed by atoms with van der Waals surface area (Å²) in [5, 5.41) is 3.61. The van der Waals surface area contributed by atoms with E-state index in [1.165, 1.54) is 0 Å². The average molecular weight is 374 g/mol. The molecule has 1 saturated heterocycles. The summed E-state index contributed by atoms with van der Waals surface area (Å²) in [5.74, 6) is -0.916. The number of hydrogen-bond acceptors (Lipinski definition) is 4. The molecule has 1 unspecified atom stereocenters. The minimum atomic E-state index is -1.25. The van der Waals surface area contributed by atoms with Crippen molar-refractivity contribution in [1.82, 2.24) is 15.8 Å². The number of urea groups is 1. The van der Waals surface area contributed by atoms with Gasteiger partial charge in [0.2, 0.25) is 0 Å². The maximum Gasteiger partial charge on any atom is 0.344 e. The highest BCUT2D eigenvalue weighted by atomic mass is 35.5. The fraction of sp³-hybridized carbons (Fsp3) is 0.167. The van der Waals surface area contributed by atoms with Crippen molar-refractivity contribution >= 4 is 29.4 Å². The SMILES string of the molecule is CC1(c2ccccc2)NC(=O)N(NC(=O)COc2ccccc2Cl)C1=O. The van der Waals surface area contributed by atoms with Gasteiger partial charge < -0.3 is 10.1 Å². The molecule has 0 aliphatic carbocycles. The number of ether oxygens (including phenoxy) is 1. The lowest BCUT2D eigenvalue weighted by molar-refractivity contribution is -0.139. The molecule has 2 aromatic carbocycles. The van der Waals surface area contributed by atoms with Crippen LogP contribution in [-0.4, -0.2) is 29.5 Å². The summed E-state index contributed by atoms with van der Waals surface area (Å²) in [4.78, 5) is 36.9. The number of carbonyl (C=O) groups excluding carboxylic acids is 3. The third kappa shape index (κ3) is 3.34. The Labute approximate surface area is 154 Å². The molecular weight excluding hydrogens is 358 g/mol. The van der Waals surface area contributed by atoms with Gasteiger partial charge in [-0.2, -0.15) is 5.01 Å². The number of benzene rings is 2. The number of hydrazine groups is 1. The van der Waals surface area contributed by atoms with Crippen LogP contribution in [0.1, 0.15) is 12.5 Å². The van der Waals surface area contributed by atoms with Gasteiger partial charge in [0, 0.05) is 0 Å². The molecule has 0 saturated carbocycles. The lowest BCUT2D eigenvalue weighted by Gasteiger charge is -2.22. The normalized spacial score (nSPS) is 19.2. The minimum Gasteiger partial charge on any atom is -0.482 e. The van der Waals surface area contributed by atoms with Crippen molar-refractivity contribution in [1.29, 1.82) is 0 Å². The van der Waals surface area contributed by atoms with Crippen LogP contribution in [0.5, 0.6) is 5.75 Å². The van der Waals surface area contributed by atoms with E-state index in [2.05, 4.69) is 10.7 Å². The van der Waals surface area contributed by atoms with Crippen molar-refractivity contribution in [3.8, 4) is 5.75 Å². The Bertz CT molecular complexity index is 859. The molecule has 3 rings (SSSR count). The van der Waals surface area contributed by atoms with Crippen molar-refractivity contribution in [3.05, 3.63) is 65.2 Å². The maximum atomic E-state index is 12.7. The number of hydrogen-bond donors (Lipinski definition) is 2. The fourth-order valence-corrected chi connectivity index (χ4v) is 2.76. The molecule has 0 aromatic heterocycles. The summed E-state index contributed by atoms with van der Waals surface area (Å²) in [5.41, 5.74) is 1.62. The first kappa shape index (κ1) is 17.8. The van der Waals surface area contributed by atoms with Crippen LogP contribution in [0.15, 0.2) is 54.6 Å². The first-order chi connectivity index (χ1) is 12.4. The number of carbonyl (C=O) groups is 3. The zero-order chi connectivity index (χ0) is 18.7. The van der Waals surface area contributed by atoms with E-state index in [0.717, 1.165) is 0 Å². The monoisotopic (exact) mass is 373 g/mol. The van der Waals surface area contributed by atoms with Gasteiger partial charge in [0.15, 0.2) is 6.61 Å². The van der Waals surface area contributed by atoms with Gasteiger partial charge in [-0.3, -0.25) is 15.0 Å². The Hall–Kier alpha value is -3.06. The van der Waals surface area contributed by atoms with E-state index in [1.54, 1.807) is 61.5 Å². The Morgan fingerprint density at radius 1 is 1.15 bits per heavy atom. The topological polar surface area (TPSA) is 87.7 Å². The Kier molecular flexibility index (Phi) is 4.81. The van der Waals surface area contributed by atoms with E-state index in [-0.39, 0.29) is 0 Å². The molecule has 0 bridgehead atoms. The van der Waals surface area contributed by atoms with Gasteiger partial charge >= 0.3 is 6.03 Å². The quantitative estimate of drug-likeness (QED) is 0.787. The largest absolute Gasteiger partial charge is 0.482 e. The van der Waals surface area contributed by atoms with Gasteiger partial charge in [-0.05, 0) is 24.6 Å². The highest BCUT2D eigenvalue weighted by Crippen LogP contribution is 2.27. The maximum absolute atomic E-state index is 12.7. The van der Waals surface area contributed by atoms with Crippen LogP contribution in [0.25, 0.3) is 0 Å². The van der Waals surface area contributed by atoms with Crippen LogP contribution in [0, 0.1) is 0 Å². The number of imide groups is 1. The second kappa shape index (κ2) is 7.05. The summed E-state index contributed by atoms with van der Waals surface area (Å²) < 4.78 is 5.30. The van der Waals surface area contributed by atoms with Crippen molar-refractivity contribution in [2.45, 2.75) is 12.5 Å². The van der Waals surface area contributed by atoms with Gasteiger partial charge in [-0.15, -0.1) is 0 Å². The Morgan fingerprint density at radius 3 is 2.50 bits per heavy atom. The molecule has 1 fully saturated rings. The number of nitrogens with one attached hydrogen (secondary N) is 2. The summed E-state index contributed by atoms with van der Waals surface area (Å²) in [6, 6.07) is 14.7. The number of nitrogens with zero attached hydrogens (tertiary/aromatic N) is 1. The van der Waals surface area contributed by atoms with Crippen LogP contribution in [0.3, 0.4) is 0 Å². The van der Waals surface area contributed by atoms with Gasteiger partial charge in [-0.1, -0.05) is 54.1 Å². The second-order valence-corrected chi connectivity index (χ2v) is 6.22. The Morgan fingerprint density at radius 2 is 1.81 bits per heavy atom. The van der Waals surface area contributed by atoms with E-state index in [1.807, 2.05) is 0 Å². The highest BCUT2D eigenvalue weighted by Gasteiger charge is 2.49. The van der Waals surface area contributed by atoms with Gasteiger partial charge in [0.05, 0.1) is 5.02 Å². The zero-order valence-electron chi connectivity index (χ0n) is 13.9. The van der Waals surface area contributed by atoms with Gasteiger partial charge in [0.1, 0.15) is 11.3 Å². The summed E-state index contributed by atoms with van der Waals surface area (Å²) in [7, 11) is 0. The smallest absolute Gasteiger partial charge is 0.344 e. The molecule has 0 radical (unpaired) electrons. The first-order valence-electron chi connectivity index (χ1n) is 7.81. The molecule has 7 nitrogen and oxygen atoms in total. The summed E-state index contributed by atoms with van der Waals surface area (Å²) in [6.45, 7) is 1.18. The predicted molar refractivity (Wildman–Crippen MR) is 94.3 cm³/mol. The molecule has 1 heterocycles. The number of para-hydroxylation sites is 1. The summed E-state index contributed by atoms with van der Waals surface area (Å²) >= 11 is 5.94. The van der Waals surface area contributed by atoms with Crippen LogP contribution < -0.4 is 15.5 Å². The molecule has 8 heteroatoms. The molecule has 2 N–H and O–H groups in total. The number of rotatable bonds is 5. The molecule has 1 atom stereocenters. The van der Waals surface area contributed by atoms with Crippen molar-refractivity contribution in [3.63, 3.8) is 0 Å². The number of halogens is 1. The van der Waals surface area contributed by atoms with E-state index >= 15 is 0 Å². The Balaban J connectivity index is 1.66. The highest BCUT2D eigenvalue weighted by molar-refractivity contribution is 6.32. The van der Waals surface area contributed by atoms with Crippen molar-refractivity contribution < 1.29 is 19.1 Å². The third-order valence-corrected chi connectivity index (χ3v) is 4.29. The standard InChI is InChI=1S/C18H16ClN3O4/c1-18(12-7-3-2-4-8-12)16(24)22(17(25)20-18)21-15(23)11-26-14-10-6-5-9-13(14)19/h2-10H,11H2,1H3,(H,20,25)(H,21,23). The van der Waals surface area contributed by atoms with Gasteiger partial charge in [-0.25, -0.2) is 4.79 Å². The second-order valence-electron chi connectivity index (χ2n) is 5.82. The molecule has 134 valence electrons. The van der Waals surface area contributed by atoms with Gasteiger partial charge in [0.25, 0.3) is 11.8 Å². The number of amides is 4. The van der Waals surface area contributed by atoms with Crippen LogP contribution >= 0.6 is 11.6 Å². The zero-order valence-corrected chi connectivity index (χ0v) is 14.6. The third-order valence-electron chi connectivity index (χ3n) is 3.97. The predicted octanol–water partition coefficient (Wildman–Crippen LogP) is 2.22. The fourth-order valence-electron chi connectivity index (χ4n) is 2.57. The molecule has 1 aliphatic rings. The van der Waals surface area contributed by atoms with E-state index in [4.69, 9.17) is 16.3 Å². The lowest BCUT2D eigenvalue weighted by Crippen LogP contribution is -2.49. The average Bonchev–Trinajstić information content (AvgIpc) is 2.86.